The van der Waals surface area contributed by atoms with Crippen molar-refractivity contribution in [2.45, 2.75) is 57.0 Å². The van der Waals surface area contributed by atoms with Gasteiger partial charge in [0.25, 0.3) is 0 Å². The number of aryl methyl sites for hydroxylation is 1. The highest BCUT2D eigenvalue weighted by molar-refractivity contribution is 5.82. The van der Waals surface area contributed by atoms with Crippen LogP contribution in [0.3, 0.4) is 0 Å². The number of aromatic nitrogens is 4. The fraction of sp³-hybridized carbons (Fsp3) is 0.450. The normalized spacial score (nSPS) is 22.4. The van der Waals surface area contributed by atoms with E-state index in [1.54, 1.807) is 0 Å². The summed E-state index contributed by atoms with van der Waals surface area (Å²) in [4.78, 5) is 9.60. The molecule has 6 heteroatoms. The molecular formula is C20H24N6. The SMILES string of the molecule is Cc1ccc2n[nH]c(CNc3cc(C4CC(N)C4)nc(C4CC4)n3)c2c1. The van der Waals surface area contributed by atoms with Gasteiger partial charge in [-0.15, -0.1) is 0 Å². The number of benzene rings is 1. The second kappa shape index (κ2) is 6.06. The Morgan fingerprint density at radius 3 is 2.77 bits per heavy atom. The summed E-state index contributed by atoms with van der Waals surface area (Å²) in [7, 11) is 0. The molecule has 2 saturated carbocycles. The van der Waals surface area contributed by atoms with E-state index < -0.39 is 0 Å². The van der Waals surface area contributed by atoms with Crippen LogP contribution in [0.4, 0.5) is 5.82 Å². The largest absolute Gasteiger partial charge is 0.364 e. The molecule has 2 fully saturated rings. The third-order valence-electron chi connectivity index (χ3n) is 5.53. The van der Waals surface area contributed by atoms with Gasteiger partial charge < -0.3 is 11.1 Å². The van der Waals surface area contributed by atoms with Gasteiger partial charge in [-0.2, -0.15) is 5.10 Å². The number of rotatable bonds is 5. The van der Waals surface area contributed by atoms with Crippen molar-refractivity contribution in [2.75, 3.05) is 5.32 Å². The summed E-state index contributed by atoms with van der Waals surface area (Å²) >= 11 is 0. The topological polar surface area (TPSA) is 92.5 Å². The molecule has 4 N–H and O–H groups in total. The van der Waals surface area contributed by atoms with Crippen molar-refractivity contribution in [1.29, 1.82) is 0 Å². The van der Waals surface area contributed by atoms with Crippen LogP contribution in [-0.4, -0.2) is 26.2 Å². The van der Waals surface area contributed by atoms with Gasteiger partial charge >= 0.3 is 0 Å². The molecule has 1 aromatic carbocycles. The summed E-state index contributed by atoms with van der Waals surface area (Å²) in [5, 5.41) is 12.2. The van der Waals surface area contributed by atoms with E-state index in [-0.39, 0.29) is 0 Å². The summed E-state index contributed by atoms with van der Waals surface area (Å²) in [5.74, 6) is 2.94. The third-order valence-corrected chi connectivity index (χ3v) is 5.53. The lowest BCUT2D eigenvalue weighted by molar-refractivity contribution is 0.344. The Balaban J connectivity index is 1.39. The monoisotopic (exact) mass is 348 g/mol. The summed E-state index contributed by atoms with van der Waals surface area (Å²) in [5.41, 5.74) is 10.4. The molecule has 6 nitrogen and oxygen atoms in total. The second-order valence-corrected chi connectivity index (χ2v) is 7.82. The number of nitrogens with two attached hydrogens (primary N) is 1. The quantitative estimate of drug-likeness (QED) is 0.657. The van der Waals surface area contributed by atoms with E-state index in [4.69, 9.17) is 15.7 Å². The summed E-state index contributed by atoms with van der Waals surface area (Å²) in [6.07, 6.45) is 4.48. The first kappa shape index (κ1) is 15.8. The van der Waals surface area contributed by atoms with Crippen LogP contribution in [0.2, 0.25) is 0 Å². The first-order chi connectivity index (χ1) is 12.7. The number of anilines is 1. The molecule has 0 spiro atoms. The predicted octanol–water partition coefficient (Wildman–Crippen LogP) is 3.36. The number of nitrogens with zero attached hydrogens (tertiary/aromatic N) is 3. The highest BCUT2D eigenvalue weighted by Gasteiger charge is 2.32. The average molecular weight is 348 g/mol. The van der Waals surface area contributed by atoms with E-state index >= 15 is 0 Å². The number of aromatic amines is 1. The lowest BCUT2D eigenvalue weighted by Crippen LogP contribution is -2.35. The van der Waals surface area contributed by atoms with E-state index in [2.05, 4.69) is 46.7 Å². The van der Waals surface area contributed by atoms with Crippen LogP contribution in [0.1, 0.15) is 60.3 Å². The first-order valence-corrected chi connectivity index (χ1v) is 9.47. The van der Waals surface area contributed by atoms with E-state index in [1.807, 2.05) is 0 Å². The van der Waals surface area contributed by atoms with Crippen molar-refractivity contribution in [1.82, 2.24) is 20.2 Å². The zero-order valence-corrected chi connectivity index (χ0v) is 15.0. The van der Waals surface area contributed by atoms with E-state index in [1.165, 1.54) is 23.8 Å². The van der Waals surface area contributed by atoms with Gasteiger partial charge in [0.15, 0.2) is 0 Å². The van der Waals surface area contributed by atoms with Crippen molar-refractivity contribution in [2.24, 2.45) is 5.73 Å². The Kier molecular flexibility index (Phi) is 3.67. The van der Waals surface area contributed by atoms with Gasteiger partial charge in [0.05, 0.1) is 17.8 Å². The maximum absolute atomic E-state index is 5.97. The molecule has 0 radical (unpaired) electrons. The van der Waals surface area contributed by atoms with Crippen LogP contribution in [0.25, 0.3) is 10.9 Å². The van der Waals surface area contributed by atoms with Crippen molar-refractivity contribution < 1.29 is 0 Å². The number of H-pyrrole nitrogens is 1. The molecule has 134 valence electrons. The third kappa shape index (κ3) is 2.94. The Bertz CT molecular complexity index is 952. The number of fused-ring (bicyclic) bond motifs is 1. The first-order valence-electron chi connectivity index (χ1n) is 9.47. The number of nitrogens with one attached hydrogen (secondary N) is 2. The van der Waals surface area contributed by atoms with Gasteiger partial charge in [0.1, 0.15) is 11.6 Å². The van der Waals surface area contributed by atoms with Gasteiger partial charge in [-0.1, -0.05) is 11.6 Å². The molecule has 0 saturated heterocycles. The second-order valence-electron chi connectivity index (χ2n) is 7.82. The van der Waals surface area contributed by atoms with Crippen LogP contribution in [-0.2, 0) is 6.54 Å². The van der Waals surface area contributed by atoms with Gasteiger partial charge in [-0.3, -0.25) is 5.10 Å². The zero-order valence-electron chi connectivity index (χ0n) is 15.0. The molecule has 0 unspecified atom stereocenters. The average Bonchev–Trinajstić information content (AvgIpc) is 3.39. The van der Waals surface area contributed by atoms with Crippen LogP contribution in [0.5, 0.6) is 0 Å². The molecule has 0 amide bonds. The molecule has 0 bridgehead atoms. The van der Waals surface area contributed by atoms with Crippen molar-refractivity contribution in [3.63, 3.8) is 0 Å². The molecule has 5 rings (SSSR count). The van der Waals surface area contributed by atoms with Crippen molar-refractivity contribution in [3.05, 3.63) is 47.0 Å². The molecule has 26 heavy (non-hydrogen) atoms. The van der Waals surface area contributed by atoms with E-state index in [0.29, 0.717) is 24.4 Å². The lowest BCUT2D eigenvalue weighted by Gasteiger charge is -2.32. The fourth-order valence-electron chi connectivity index (χ4n) is 3.70. The smallest absolute Gasteiger partial charge is 0.134 e. The summed E-state index contributed by atoms with van der Waals surface area (Å²) in [6.45, 7) is 2.77. The maximum Gasteiger partial charge on any atom is 0.134 e. The van der Waals surface area contributed by atoms with Crippen LogP contribution in [0.15, 0.2) is 24.3 Å². The maximum atomic E-state index is 5.97. The predicted molar refractivity (Wildman–Crippen MR) is 102 cm³/mol. The van der Waals surface area contributed by atoms with Gasteiger partial charge in [-0.25, -0.2) is 9.97 Å². The Morgan fingerprint density at radius 1 is 1.15 bits per heavy atom. The minimum Gasteiger partial charge on any atom is -0.364 e. The molecule has 3 aromatic rings. The number of hydrogen-bond donors (Lipinski definition) is 3. The minimum absolute atomic E-state index is 0.329. The van der Waals surface area contributed by atoms with E-state index in [9.17, 15) is 0 Å². The van der Waals surface area contributed by atoms with Crippen molar-refractivity contribution in [3.8, 4) is 0 Å². The minimum atomic E-state index is 0.329. The van der Waals surface area contributed by atoms with Gasteiger partial charge in [-0.05, 0) is 44.7 Å². The van der Waals surface area contributed by atoms with Gasteiger partial charge in [0, 0.05) is 35.0 Å². The van der Waals surface area contributed by atoms with Crippen LogP contribution >= 0.6 is 0 Å². The molecule has 2 aliphatic carbocycles. The fourth-order valence-corrected chi connectivity index (χ4v) is 3.70. The molecular weight excluding hydrogens is 324 g/mol. The highest BCUT2D eigenvalue weighted by Crippen LogP contribution is 2.41. The molecule has 0 aliphatic heterocycles. The molecule has 2 aliphatic rings. The van der Waals surface area contributed by atoms with E-state index in [0.717, 1.165) is 41.4 Å². The summed E-state index contributed by atoms with van der Waals surface area (Å²) < 4.78 is 0. The highest BCUT2D eigenvalue weighted by atomic mass is 15.1. The zero-order chi connectivity index (χ0) is 17.7. The van der Waals surface area contributed by atoms with Crippen LogP contribution < -0.4 is 11.1 Å². The standard InChI is InChI=1S/C20H24N6/c1-11-2-5-16-15(6-11)18(26-25-16)10-22-19-9-17(13-7-14(21)8-13)23-20(24-19)12-3-4-12/h2,5-6,9,12-14H,3-4,7-8,10,21H2,1H3,(H,25,26)(H,22,23,24). The Labute approximate surface area is 152 Å². The Morgan fingerprint density at radius 2 is 2.00 bits per heavy atom. The summed E-state index contributed by atoms with van der Waals surface area (Å²) in [6, 6.07) is 8.75. The van der Waals surface area contributed by atoms with Crippen LogP contribution in [0, 0.1) is 6.92 Å². The lowest BCUT2D eigenvalue weighted by atomic mass is 9.78. The Hall–Kier alpha value is -2.47. The van der Waals surface area contributed by atoms with Crippen molar-refractivity contribution >= 4 is 16.7 Å². The molecule has 2 heterocycles. The van der Waals surface area contributed by atoms with Gasteiger partial charge in [0.2, 0.25) is 0 Å². The number of hydrogen-bond acceptors (Lipinski definition) is 5. The molecule has 0 atom stereocenters. The molecule has 2 aromatic heterocycles.